The van der Waals surface area contributed by atoms with Gasteiger partial charge in [0.1, 0.15) is 11.0 Å². The molecule has 1 heterocycles. The molecule has 1 aromatic heterocycles. The van der Waals surface area contributed by atoms with E-state index in [2.05, 4.69) is 15.7 Å². The maximum absolute atomic E-state index is 4.09. The lowest BCUT2D eigenvalue weighted by molar-refractivity contribution is 1.59. The number of aromatic nitrogens is 2. The number of hydrogen-bond donors (Lipinski definition) is 0. The Labute approximate surface area is 62.8 Å². The Morgan fingerprint density at radius 3 is 3.00 bits per heavy atom. The molecule has 10 heavy (non-hydrogen) atoms. The number of rotatable bonds is 0. The van der Waals surface area contributed by atoms with Gasteiger partial charge < -0.3 is 0 Å². The molecule has 1 aromatic carbocycles. The van der Waals surface area contributed by atoms with E-state index < -0.39 is 0 Å². The lowest BCUT2D eigenvalue weighted by Crippen LogP contribution is -1.73. The van der Waals surface area contributed by atoms with Crippen LogP contribution in [0, 0.1) is 6.92 Å². The van der Waals surface area contributed by atoms with E-state index in [0.29, 0.717) is 0 Å². The highest BCUT2D eigenvalue weighted by atomic mass is 32.1. The van der Waals surface area contributed by atoms with E-state index in [1.165, 1.54) is 11.7 Å². The highest BCUT2D eigenvalue weighted by Crippen LogP contribution is 2.14. The summed E-state index contributed by atoms with van der Waals surface area (Å²) in [4.78, 5) is 0. The van der Waals surface area contributed by atoms with Crippen LogP contribution in [0.4, 0.5) is 0 Å². The van der Waals surface area contributed by atoms with Gasteiger partial charge in [0.25, 0.3) is 0 Å². The van der Waals surface area contributed by atoms with E-state index in [9.17, 15) is 0 Å². The van der Waals surface area contributed by atoms with Crippen LogP contribution in [0.25, 0.3) is 11.0 Å². The Morgan fingerprint density at radius 1 is 1.30 bits per heavy atom. The third kappa shape index (κ3) is 0.708. The second-order valence-corrected chi connectivity index (χ2v) is 2.58. The van der Waals surface area contributed by atoms with E-state index in [4.69, 9.17) is 0 Å². The first-order chi connectivity index (χ1) is 4.88. The Morgan fingerprint density at radius 2 is 2.20 bits per heavy atom. The van der Waals surface area contributed by atoms with Crippen molar-refractivity contribution < 1.29 is 0 Å². The van der Waals surface area contributed by atoms with Crippen molar-refractivity contribution in [2.24, 2.45) is 0 Å². The predicted molar refractivity (Wildman–Crippen MR) is 41.9 cm³/mol. The molecule has 2 nitrogen and oxygen atoms in total. The van der Waals surface area contributed by atoms with Gasteiger partial charge in [0.2, 0.25) is 0 Å². The normalized spacial score (nSPS) is 10.5. The van der Waals surface area contributed by atoms with Gasteiger partial charge in [-0.05, 0) is 18.6 Å². The summed E-state index contributed by atoms with van der Waals surface area (Å²) in [5.41, 5.74) is 2.82. The molecule has 0 amide bonds. The van der Waals surface area contributed by atoms with Crippen molar-refractivity contribution in [3.8, 4) is 0 Å². The summed E-state index contributed by atoms with van der Waals surface area (Å²) < 4.78 is 8.16. The average molecular weight is 149 g/mol. The number of hydrogen-bond acceptors (Lipinski definition) is 3. The molecule has 49 valence electrons. The molecule has 0 atom stereocenters. The molecule has 0 aliphatic heterocycles. The molecule has 0 unspecified atom stereocenters. The number of benzene rings is 1. The molecular weight excluding hydrogens is 144 g/mol. The lowest BCUT2D eigenvalue weighted by Gasteiger charge is -1.88. The van der Waals surface area contributed by atoms with Crippen LogP contribution in [0.5, 0.6) is 0 Å². The lowest BCUT2D eigenvalue weighted by atomic mass is 10.2. The predicted octanol–water partition coefficient (Wildman–Crippen LogP) is 1.87. The first-order valence-electron chi connectivity index (χ1n) is 2.91. The summed E-state index contributed by atoms with van der Waals surface area (Å²) in [6.07, 6.45) is 0. The van der Waals surface area contributed by atoms with Crippen LogP contribution < -0.4 is 0 Å². The average Bonchev–Trinajstić information content (AvgIpc) is 2.36. The maximum atomic E-state index is 4.09. The topological polar surface area (TPSA) is 25.8 Å². The fourth-order valence-electron chi connectivity index (χ4n) is 0.862. The molecule has 3 heteroatoms. The summed E-state index contributed by atoms with van der Waals surface area (Å²) in [5, 5.41) is 0. The van der Waals surface area contributed by atoms with E-state index >= 15 is 0 Å². The molecule has 0 aliphatic rings. The zero-order chi connectivity index (χ0) is 6.97. The summed E-state index contributed by atoms with van der Waals surface area (Å²) >= 11 is 1.23. The zero-order valence-electron chi connectivity index (χ0n) is 5.24. The summed E-state index contributed by atoms with van der Waals surface area (Å²) in [6.45, 7) is 3.83. The minimum atomic E-state index is 0.924. The van der Waals surface area contributed by atoms with Crippen molar-refractivity contribution in [1.29, 1.82) is 0 Å². The van der Waals surface area contributed by atoms with Crippen LogP contribution in [0.3, 0.4) is 0 Å². The van der Waals surface area contributed by atoms with E-state index in [1.807, 2.05) is 18.2 Å². The fourth-order valence-corrected chi connectivity index (χ4v) is 1.43. The van der Waals surface area contributed by atoms with Crippen LogP contribution in [-0.2, 0) is 0 Å². The molecule has 0 saturated carbocycles. The van der Waals surface area contributed by atoms with Gasteiger partial charge in [-0.1, -0.05) is 12.1 Å². The Kier molecular flexibility index (Phi) is 1.17. The van der Waals surface area contributed by atoms with Crippen LogP contribution in [0.1, 0.15) is 5.56 Å². The number of fused-ring (bicyclic) bond motifs is 1. The minimum absolute atomic E-state index is 0.924. The minimum Gasteiger partial charge on any atom is -0.173 e. The van der Waals surface area contributed by atoms with E-state index in [0.717, 1.165) is 16.6 Å². The highest BCUT2D eigenvalue weighted by molar-refractivity contribution is 7.00. The fraction of sp³-hybridized carbons (Fsp3) is 0. The zero-order valence-corrected chi connectivity index (χ0v) is 6.06. The molecule has 0 fully saturated rings. The molecular formula is C7H5N2S. The third-order valence-corrected chi connectivity index (χ3v) is 1.91. The second-order valence-electron chi connectivity index (χ2n) is 2.05. The van der Waals surface area contributed by atoms with Gasteiger partial charge in [0.15, 0.2) is 0 Å². The highest BCUT2D eigenvalue weighted by Gasteiger charge is 1.98. The van der Waals surface area contributed by atoms with E-state index in [-0.39, 0.29) is 0 Å². The summed E-state index contributed by atoms with van der Waals surface area (Å²) in [6, 6.07) is 5.81. The molecule has 0 aliphatic carbocycles. The van der Waals surface area contributed by atoms with Gasteiger partial charge in [-0.3, -0.25) is 0 Å². The monoisotopic (exact) mass is 149 g/mol. The van der Waals surface area contributed by atoms with Crippen molar-refractivity contribution in [2.75, 3.05) is 0 Å². The largest absolute Gasteiger partial charge is 0.173 e. The molecule has 2 aromatic rings. The molecule has 2 rings (SSSR count). The second kappa shape index (κ2) is 2.02. The van der Waals surface area contributed by atoms with Crippen LogP contribution in [0.15, 0.2) is 18.2 Å². The molecule has 0 saturated heterocycles. The first kappa shape index (κ1) is 5.80. The maximum Gasteiger partial charge on any atom is 0.107 e. The Bertz CT molecular complexity index is 353. The molecule has 0 spiro atoms. The quantitative estimate of drug-likeness (QED) is 0.571. The SMILES string of the molecule is [CH2]c1cccc2nsnc12. The van der Waals surface area contributed by atoms with Crippen LogP contribution >= 0.6 is 11.7 Å². The van der Waals surface area contributed by atoms with Crippen LogP contribution in [0.2, 0.25) is 0 Å². The number of nitrogens with zero attached hydrogens (tertiary/aromatic N) is 2. The van der Waals surface area contributed by atoms with Crippen molar-refractivity contribution in [2.45, 2.75) is 0 Å². The van der Waals surface area contributed by atoms with Crippen molar-refractivity contribution >= 4 is 22.8 Å². The standard InChI is InChI=1S/C7H5N2S/c1-5-3-2-4-6-7(5)9-10-8-6/h2-4H,1H2. The van der Waals surface area contributed by atoms with Gasteiger partial charge in [-0.25, -0.2) is 0 Å². The van der Waals surface area contributed by atoms with Gasteiger partial charge in [-0.2, -0.15) is 8.75 Å². The van der Waals surface area contributed by atoms with Gasteiger partial charge in [0, 0.05) is 0 Å². The Balaban J connectivity index is 2.95. The van der Waals surface area contributed by atoms with Crippen LogP contribution in [-0.4, -0.2) is 8.75 Å². The smallest absolute Gasteiger partial charge is 0.107 e. The van der Waals surface area contributed by atoms with Crippen molar-refractivity contribution in [3.05, 3.63) is 30.7 Å². The summed E-state index contributed by atoms with van der Waals surface area (Å²) in [7, 11) is 0. The van der Waals surface area contributed by atoms with Gasteiger partial charge >= 0.3 is 0 Å². The van der Waals surface area contributed by atoms with E-state index in [1.54, 1.807) is 0 Å². The Hall–Kier alpha value is -0.960. The van der Waals surface area contributed by atoms with Gasteiger partial charge in [0.05, 0.1) is 11.7 Å². The van der Waals surface area contributed by atoms with Crippen molar-refractivity contribution in [1.82, 2.24) is 8.75 Å². The summed E-state index contributed by atoms with van der Waals surface area (Å²) in [5.74, 6) is 0. The first-order valence-corrected chi connectivity index (χ1v) is 3.64. The molecule has 1 radical (unpaired) electrons. The molecule has 0 N–H and O–H groups in total. The van der Waals surface area contributed by atoms with Crippen molar-refractivity contribution in [3.63, 3.8) is 0 Å². The third-order valence-electron chi connectivity index (χ3n) is 1.37. The molecule has 0 bridgehead atoms. The van der Waals surface area contributed by atoms with Gasteiger partial charge in [-0.15, -0.1) is 0 Å².